The standard InChI is InChI=1S/C14H27NO4/c1-13(2,3)19-12(16)9-11-8-10(6-7-15)17-14(4,5)18-11/h10-11H,6-9,15H2,1-5H3/t10-,11-/m1/s1/i15+1. The minimum atomic E-state index is -0.676. The zero-order valence-corrected chi connectivity index (χ0v) is 12.7. The first-order chi connectivity index (χ1) is 8.61. The summed E-state index contributed by atoms with van der Waals surface area (Å²) in [5, 5.41) is 0. The van der Waals surface area contributed by atoms with Gasteiger partial charge in [0.05, 0.1) is 18.6 Å². The zero-order valence-electron chi connectivity index (χ0n) is 12.7. The van der Waals surface area contributed by atoms with Crippen LogP contribution in [0.2, 0.25) is 0 Å². The molecule has 0 aromatic heterocycles. The molecule has 0 aromatic carbocycles. The molecule has 19 heavy (non-hydrogen) atoms. The number of rotatable bonds is 4. The molecule has 1 aliphatic heterocycles. The van der Waals surface area contributed by atoms with Crippen molar-refractivity contribution in [1.29, 1.82) is 0 Å². The number of hydrogen-bond acceptors (Lipinski definition) is 5. The molecule has 0 spiro atoms. The first-order valence-corrected chi connectivity index (χ1v) is 6.89. The Kier molecular flexibility index (Phi) is 5.35. The van der Waals surface area contributed by atoms with Crippen molar-refractivity contribution >= 4 is 5.97 Å². The van der Waals surface area contributed by atoms with Crippen LogP contribution in [0.15, 0.2) is 0 Å². The fourth-order valence-corrected chi connectivity index (χ4v) is 2.28. The summed E-state index contributed by atoms with van der Waals surface area (Å²) >= 11 is 0. The van der Waals surface area contributed by atoms with Crippen LogP contribution in [0.3, 0.4) is 0 Å². The van der Waals surface area contributed by atoms with E-state index in [1.165, 1.54) is 0 Å². The maximum absolute atomic E-state index is 11.8. The molecule has 0 unspecified atom stereocenters. The molecular formula is C14H27NO4. The van der Waals surface area contributed by atoms with Crippen molar-refractivity contribution in [2.24, 2.45) is 5.73 Å². The van der Waals surface area contributed by atoms with Gasteiger partial charge in [-0.2, -0.15) is 0 Å². The Labute approximate surface area is 115 Å². The van der Waals surface area contributed by atoms with E-state index in [2.05, 4.69) is 0 Å². The SMILES string of the molecule is CC(C)(C)OC(=O)C[C@H]1C[C@@H](CC[15NH2])OC(C)(C)O1. The lowest BCUT2D eigenvalue weighted by Crippen LogP contribution is -2.46. The third-order valence-electron chi connectivity index (χ3n) is 2.73. The topological polar surface area (TPSA) is 70.8 Å². The molecule has 1 rings (SSSR count). The number of carbonyl (C=O) groups is 1. The molecule has 0 radical (unpaired) electrons. The van der Waals surface area contributed by atoms with Gasteiger partial charge in [-0.3, -0.25) is 4.79 Å². The summed E-state index contributed by atoms with van der Waals surface area (Å²) in [5.41, 5.74) is 5.10. The highest BCUT2D eigenvalue weighted by Crippen LogP contribution is 2.30. The van der Waals surface area contributed by atoms with Gasteiger partial charge in [0.1, 0.15) is 5.60 Å². The van der Waals surface area contributed by atoms with E-state index in [4.69, 9.17) is 19.9 Å². The normalized spacial score (nSPS) is 27.1. The van der Waals surface area contributed by atoms with Crippen LogP contribution in [0.5, 0.6) is 0 Å². The molecule has 1 saturated heterocycles. The number of esters is 1. The van der Waals surface area contributed by atoms with E-state index in [9.17, 15) is 4.79 Å². The van der Waals surface area contributed by atoms with Crippen LogP contribution in [0.25, 0.3) is 0 Å². The van der Waals surface area contributed by atoms with Gasteiger partial charge >= 0.3 is 5.97 Å². The summed E-state index contributed by atoms with van der Waals surface area (Å²) in [6.07, 6.45) is 1.58. The van der Waals surface area contributed by atoms with E-state index in [0.29, 0.717) is 13.0 Å². The van der Waals surface area contributed by atoms with Crippen LogP contribution in [0.4, 0.5) is 0 Å². The van der Waals surface area contributed by atoms with Gasteiger partial charge in [-0.15, -0.1) is 0 Å². The van der Waals surface area contributed by atoms with Gasteiger partial charge in [0.15, 0.2) is 5.79 Å². The molecule has 0 aliphatic carbocycles. The van der Waals surface area contributed by atoms with Crippen LogP contribution >= 0.6 is 0 Å². The third kappa shape index (κ3) is 6.36. The largest absolute Gasteiger partial charge is 0.460 e. The molecule has 0 amide bonds. The molecule has 2 N–H and O–H groups in total. The van der Waals surface area contributed by atoms with E-state index in [1.807, 2.05) is 34.6 Å². The summed E-state index contributed by atoms with van der Waals surface area (Å²) in [4.78, 5) is 11.8. The van der Waals surface area contributed by atoms with Crippen molar-refractivity contribution in [2.45, 2.75) is 77.5 Å². The third-order valence-corrected chi connectivity index (χ3v) is 2.73. The maximum Gasteiger partial charge on any atom is 0.308 e. The summed E-state index contributed by atoms with van der Waals surface area (Å²) in [6, 6.07) is 0. The smallest absolute Gasteiger partial charge is 0.308 e. The minimum Gasteiger partial charge on any atom is -0.460 e. The summed E-state index contributed by atoms with van der Waals surface area (Å²) in [5.74, 6) is -0.910. The Balaban J connectivity index is 2.54. The highest BCUT2D eigenvalue weighted by atomic mass is 16.7. The van der Waals surface area contributed by atoms with Crippen molar-refractivity contribution in [3.05, 3.63) is 0 Å². The number of carbonyl (C=O) groups excluding carboxylic acids is 1. The molecule has 0 aromatic rings. The molecule has 1 aliphatic rings. The fraction of sp³-hybridized carbons (Fsp3) is 0.929. The van der Waals surface area contributed by atoms with Gasteiger partial charge in [-0.25, -0.2) is 0 Å². The molecule has 0 saturated carbocycles. The molecule has 1 fully saturated rings. The molecule has 5 heteroatoms. The van der Waals surface area contributed by atoms with Crippen molar-refractivity contribution < 1.29 is 19.0 Å². The quantitative estimate of drug-likeness (QED) is 0.627. The van der Waals surface area contributed by atoms with Crippen molar-refractivity contribution in [2.75, 3.05) is 6.54 Å². The average molecular weight is 274 g/mol. The van der Waals surface area contributed by atoms with Gasteiger partial charge in [0.25, 0.3) is 0 Å². The van der Waals surface area contributed by atoms with E-state index in [0.717, 1.165) is 6.42 Å². The lowest BCUT2D eigenvalue weighted by Gasteiger charge is -2.40. The second-order valence-corrected chi connectivity index (χ2v) is 6.48. The maximum atomic E-state index is 11.8. The van der Waals surface area contributed by atoms with E-state index in [-0.39, 0.29) is 24.6 Å². The van der Waals surface area contributed by atoms with Crippen molar-refractivity contribution in [3.8, 4) is 0 Å². The summed E-state index contributed by atoms with van der Waals surface area (Å²) in [7, 11) is 0. The summed E-state index contributed by atoms with van der Waals surface area (Å²) in [6.45, 7) is 9.86. The average Bonchev–Trinajstić information content (AvgIpc) is 2.10. The van der Waals surface area contributed by atoms with E-state index >= 15 is 0 Å². The Hall–Kier alpha value is -0.650. The van der Waals surface area contributed by atoms with Gasteiger partial charge in [-0.05, 0) is 47.6 Å². The van der Waals surface area contributed by atoms with Gasteiger partial charge in [0, 0.05) is 6.42 Å². The van der Waals surface area contributed by atoms with Crippen molar-refractivity contribution in [3.63, 3.8) is 0 Å². The van der Waals surface area contributed by atoms with Crippen LogP contribution in [-0.2, 0) is 19.0 Å². The molecule has 112 valence electrons. The summed E-state index contributed by atoms with van der Waals surface area (Å²) < 4.78 is 16.9. The van der Waals surface area contributed by atoms with Gasteiger partial charge in [-0.1, -0.05) is 0 Å². The molecular weight excluding hydrogens is 247 g/mol. The predicted molar refractivity (Wildman–Crippen MR) is 72.6 cm³/mol. The Morgan fingerprint density at radius 1 is 1.32 bits per heavy atom. The number of hydrogen-bond donors (Lipinski definition) is 1. The van der Waals surface area contributed by atoms with Crippen LogP contribution in [0, 0.1) is 0 Å². The fourth-order valence-electron chi connectivity index (χ4n) is 2.28. The second kappa shape index (κ2) is 6.20. The van der Waals surface area contributed by atoms with Crippen LogP contribution < -0.4 is 5.73 Å². The second-order valence-electron chi connectivity index (χ2n) is 6.48. The monoisotopic (exact) mass is 274 g/mol. The van der Waals surface area contributed by atoms with Gasteiger partial charge in [0.2, 0.25) is 0 Å². The first kappa shape index (κ1) is 16.4. The number of nitrogens with two attached hydrogens (primary N) is 1. The van der Waals surface area contributed by atoms with E-state index < -0.39 is 11.4 Å². The lowest BCUT2D eigenvalue weighted by atomic mass is 10.0. The van der Waals surface area contributed by atoms with Crippen LogP contribution in [0.1, 0.15) is 53.9 Å². The molecule has 0 bridgehead atoms. The van der Waals surface area contributed by atoms with E-state index in [1.54, 1.807) is 0 Å². The zero-order chi connectivity index (χ0) is 14.7. The Morgan fingerprint density at radius 2 is 1.89 bits per heavy atom. The molecule has 5 nitrogen and oxygen atoms in total. The Morgan fingerprint density at radius 3 is 2.42 bits per heavy atom. The first-order valence-electron chi connectivity index (χ1n) is 6.89. The number of ether oxygens (including phenoxy) is 3. The highest BCUT2D eigenvalue weighted by Gasteiger charge is 2.36. The lowest BCUT2D eigenvalue weighted by molar-refractivity contribution is -0.300. The molecule has 1 heterocycles. The highest BCUT2D eigenvalue weighted by molar-refractivity contribution is 5.70. The van der Waals surface area contributed by atoms with Gasteiger partial charge < -0.3 is 19.9 Å². The van der Waals surface area contributed by atoms with Crippen LogP contribution in [-0.4, -0.2) is 36.1 Å². The van der Waals surface area contributed by atoms with Crippen molar-refractivity contribution in [1.82, 2.24) is 0 Å². The minimum absolute atomic E-state index is 0.0428. The molecule has 2 atom stereocenters. The predicted octanol–water partition coefficient (Wildman–Crippen LogP) is 1.98. The Bertz CT molecular complexity index is 309.